The van der Waals surface area contributed by atoms with Crippen molar-refractivity contribution in [3.05, 3.63) is 0 Å². The molecule has 2 rings (SSSR count). The highest BCUT2D eigenvalue weighted by Gasteiger charge is 2.60. The van der Waals surface area contributed by atoms with Crippen molar-refractivity contribution in [3.8, 4) is 0 Å². The smallest absolute Gasteiger partial charge is 0.410 e. The van der Waals surface area contributed by atoms with Crippen LogP contribution in [0.2, 0.25) is 0 Å². The Balaban J connectivity index is 2.03. The molecule has 1 saturated carbocycles. The van der Waals surface area contributed by atoms with Gasteiger partial charge in [-0.2, -0.15) is 0 Å². The van der Waals surface area contributed by atoms with Gasteiger partial charge in [-0.05, 0) is 52.9 Å². The van der Waals surface area contributed by atoms with Gasteiger partial charge in [0.1, 0.15) is 17.2 Å². The summed E-state index contributed by atoms with van der Waals surface area (Å²) in [6.45, 7) is 9.76. The fraction of sp³-hybridized carbons (Fsp3) is 0.824. The molecule has 0 aromatic rings. The molecule has 136 valence electrons. The predicted molar refractivity (Wildman–Crippen MR) is 87.2 cm³/mol. The van der Waals surface area contributed by atoms with E-state index in [9.17, 15) is 14.4 Å². The van der Waals surface area contributed by atoms with Gasteiger partial charge in [0.05, 0.1) is 6.61 Å². The molecule has 7 nitrogen and oxygen atoms in total. The normalized spacial score (nSPS) is 29.1. The van der Waals surface area contributed by atoms with E-state index in [2.05, 4.69) is 5.32 Å². The third-order valence-electron chi connectivity index (χ3n) is 4.48. The standard InChI is InChI=1S/C17H28N2O5/c1-6-23-14(21)17(10-11(17)2)18-13(20)12-8-7-9-19(12)15(22)24-16(3,4)5/h11-12H,6-10H2,1-5H3,(H,18,20)/t11-,12+,17-/m1/s1. The fourth-order valence-electron chi connectivity index (χ4n) is 3.08. The van der Waals surface area contributed by atoms with Crippen molar-refractivity contribution < 1.29 is 23.9 Å². The molecule has 1 aliphatic carbocycles. The summed E-state index contributed by atoms with van der Waals surface area (Å²) < 4.78 is 10.5. The topological polar surface area (TPSA) is 84.9 Å². The maximum Gasteiger partial charge on any atom is 0.410 e. The number of likely N-dealkylation sites (tertiary alicyclic amines) is 1. The van der Waals surface area contributed by atoms with Gasteiger partial charge in [-0.25, -0.2) is 9.59 Å². The van der Waals surface area contributed by atoms with Gasteiger partial charge in [-0.3, -0.25) is 9.69 Å². The number of carbonyl (C=O) groups excluding carboxylic acids is 3. The second kappa shape index (κ2) is 6.61. The number of carbonyl (C=O) groups is 3. The van der Waals surface area contributed by atoms with Crippen LogP contribution in [-0.4, -0.2) is 53.2 Å². The van der Waals surface area contributed by atoms with Crippen molar-refractivity contribution in [1.29, 1.82) is 0 Å². The average Bonchev–Trinajstić information content (AvgIpc) is 2.90. The third kappa shape index (κ3) is 3.82. The molecule has 1 aliphatic heterocycles. The third-order valence-corrected chi connectivity index (χ3v) is 4.48. The lowest BCUT2D eigenvalue weighted by Crippen LogP contribution is -2.53. The number of hydrogen-bond donors (Lipinski definition) is 1. The van der Waals surface area contributed by atoms with Crippen molar-refractivity contribution in [2.45, 2.75) is 71.1 Å². The van der Waals surface area contributed by atoms with Crippen molar-refractivity contribution in [2.24, 2.45) is 5.92 Å². The van der Waals surface area contributed by atoms with Crippen molar-refractivity contribution in [3.63, 3.8) is 0 Å². The molecule has 0 radical (unpaired) electrons. The highest BCUT2D eigenvalue weighted by Crippen LogP contribution is 2.44. The Hall–Kier alpha value is -1.79. The maximum atomic E-state index is 12.7. The number of hydrogen-bond acceptors (Lipinski definition) is 5. The Bertz CT molecular complexity index is 528. The zero-order valence-corrected chi connectivity index (χ0v) is 15.2. The van der Waals surface area contributed by atoms with E-state index < -0.39 is 29.2 Å². The monoisotopic (exact) mass is 340 g/mol. The second-order valence-corrected chi connectivity index (χ2v) is 7.62. The minimum absolute atomic E-state index is 0.0388. The van der Waals surface area contributed by atoms with Gasteiger partial charge in [0.2, 0.25) is 5.91 Å². The van der Waals surface area contributed by atoms with Crippen LogP contribution in [0.15, 0.2) is 0 Å². The van der Waals surface area contributed by atoms with Crippen LogP contribution in [-0.2, 0) is 19.1 Å². The van der Waals surface area contributed by atoms with Gasteiger partial charge in [0.15, 0.2) is 0 Å². The molecule has 24 heavy (non-hydrogen) atoms. The zero-order chi connectivity index (χ0) is 18.1. The fourth-order valence-corrected chi connectivity index (χ4v) is 3.08. The van der Waals surface area contributed by atoms with Crippen LogP contribution < -0.4 is 5.32 Å². The molecule has 1 N–H and O–H groups in total. The van der Waals surface area contributed by atoms with Crippen LogP contribution in [0.25, 0.3) is 0 Å². The molecule has 0 aromatic carbocycles. The molecule has 2 amide bonds. The maximum absolute atomic E-state index is 12.7. The van der Waals surface area contributed by atoms with Gasteiger partial charge in [0, 0.05) is 6.54 Å². The first-order valence-corrected chi connectivity index (χ1v) is 8.59. The van der Waals surface area contributed by atoms with E-state index in [-0.39, 0.29) is 18.4 Å². The molecule has 0 aromatic heterocycles. The summed E-state index contributed by atoms with van der Waals surface area (Å²) in [4.78, 5) is 38.6. The molecule has 2 aliphatic rings. The lowest BCUT2D eigenvalue weighted by molar-refractivity contribution is -0.149. The van der Waals surface area contributed by atoms with Gasteiger partial charge in [0.25, 0.3) is 0 Å². The van der Waals surface area contributed by atoms with Crippen LogP contribution >= 0.6 is 0 Å². The van der Waals surface area contributed by atoms with Gasteiger partial charge < -0.3 is 14.8 Å². The van der Waals surface area contributed by atoms with Crippen LogP contribution in [0.4, 0.5) is 4.79 Å². The Morgan fingerprint density at radius 3 is 2.42 bits per heavy atom. The molecule has 1 saturated heterocycles. The average molecular weight is 340 g/mol. The zero-order valence-electron chi connectivity index (χ0n) is 15.2. The van der Waals surface area contributed by atoms with E-state index in [4.69, 9.17) is 9.47 Å². The van der Waals surface area contributed by atoms with Crippen LogP contribution in [0.1, 0.15) is 53.9 Å². The Kier molecular flexibility index (Phi) is 5.11. The predicted octanol–water partition coefficient (Wildman–Crippen LogP) is 1.84. The minimum atomic E-state index is -0.935. The number of ether oxygens (including phenoxy) is 2. The molecule has 2 fully saturated rings. The number of nitrogens with one attached hydrogen (secondary N) is 1. The summed E-state index contributed by atoms with van der Waals surface area (Å²) in [5.74, 6) is -0.666. The molecular formula is C17H28N2O5. The van der Waals surface area contributed by atoms with Crippen LogP contribution in [0.3, 0.4) is 0 Å². The Morgan fingerprint density at radius 2 is 1.92 bits per heavy atom. The first kappa shape index (κ1) is 18.5. The molecule has 3 atom stereocenters. The van der Waals surface area contributed by atoms with Crippen LogP contribution in [0.5, 0.6) is 0 Å². The van der Waals surface area contributed by atoms with Crippen molar-refractivity contribution >= 4 is 18.0 Å². The summed E-state index contributed by atoms with van der Waals surface area (Å²) in [7, 11) is 0. The Labute approximate surface area is 143 Å². The molecular weight excluding hydrogens is 312 g/mol. The molecule has 0 bridgehead atoms. The molecule has 1 heterocycles. The van der Waals surface area contributed by atoms with E-state index >= 15 is 0 Å². The van der Waals surface area contributed by atoms with Crippen LogP contribution in [0, 0.1) is 5.92 Å². The lowest BCUT2D eigenvalue weighted by Gasteiger charge is -2.29. The quantitative estimate of drug-likeness (QED) is 0.790. The number of amides is 2. The Morgan fingerprint density at radius 1 is 1.29 bits per heavy atom. The first-order chi connectivity index (χ1) is 11.1. The van der Waals surface area contributed by atoms with E-state index in [1.807, 2.05) is 6.92 Å². The second-order valence-electron chi connectivity index (χ2n) is 7.62. The van der Waals surface area contributed by atoms with Gasteiger partial charge in [-0.15, -0.1) is 0 Å². The minimum Gasteiger partial charge on any atom is -0.464 e. The largest absolute Gasteiger partial charge is 0.464 e. The van der Waals surface area contributed by atoms with Gasteiger partial charge >= 0.3 is 12.1 Å². The summed E-state index contributed by atoms with van der Waals surface area (Å²) in [6, 6.07) is -0.598. The summed E-state index contributed by atoms with van der Waals surface area (Å²) in [5, 5.41) is 2.83. The summed E-state index contributed by atoms with van der Waals surface area (Å²) in [6.07, 6.45) is 1.38. The van der Waals surface area contributed by atoms with E-state index in [1.54, 1.807) is 27.7 Å². The molecule has 0 spiro atoms. The highest BCUT2D eigenvalue weighted by atomic mass is 16.6. The molecule has 0 unspecified atom stereocenters. The summed E-state index contributed by atoms with van der Waals surface area (Å²) >= 11 is 0. The number of nitrogens with zero attached hydrogens (tertiary/aromatic N) is 1. The summed E-state index contributed by atoms with van der Waals surface area (Å²) in [5.41, 5.74) is -1.55. The van der Waals surface area contributed by atoms with E-state index in [0.717, 1.165) is 6.42 Å². The van der Waals surface area contributed by atoms with E-state index in [1.165, 1.54) is 4.90 Å². The van der Waals surface area contributed by atoms with Gasteiger partial charge in [-0.1, -0.05) is 6.92 Å². The molecule has 7 heteroatoms. The first-order valence-electron chi connectivity index (χ1n) is 8.59. The SMILES string of the molecule is CCOC(=O)[C@@]1(NC(=O)[C@@H]2CCCN2C(=O)OC(C)(C)C)C[C@H]1C. The van der Waals surface area contributed by atoms with E-state index in [0.29, 0.717) is 19.4 Å². The number of rotatable bonds is 4. The number of esters is 1. The highest BCUT2D eigenvalue weighted by molar-refractivity contribution is 5.94. The lowest BCUT2D eigenvalue weighted by atomic mass is 10.1. The van der Waals surface area contributed by atoms with Crippen molar-refractivity contribution in [1.82, 2.24) is 10.2 Å². The van der Waals surface area contributed by atoms with Crippen molar-refractivity contribution in [2.75, 3.05) is 13.2 Å².